The summed E-state index contributed by atoms with van der Waals surface area (Å²) in [6.45, 7) is 1.16. The summed E-state index contributed by atoms with van der Waals surface area (Å²) in [7, 11) is 3.06. The number of hydrogen-bond acceptors (Lipinski definition) is 5. The van der Waals surface area contributed by atoms with Gasteiger partial charge in [0.15, 0.2) is 5.11 Å². The number of aromatic nitrogens is 2. The van der Waals surface area contributed by atoms with Gasteiger partial charge in [0.25, 0.3) is 0 Å². The number of esters is 1. The average molecular weight is 437 g/mol. The van der Waals surface area contributed by atoms with Gasteiger partial charge in [-0.1, -0.05) is 18.2 Å². The maximum absolute atomic E-state index is 12.4. The van der Waals surface area contributed by atoms with E-state index in [1.807, 2.05) is 59.3 Å². The van der Waals surface area contributed by atoms with E-state index < -0.39 is 0 Å². The van der Waals surface area contributed by atoms with Crippen molar-refractivity contribution in [1.82, 2.24) is 19.8 Å². The standard InChI is InChI=1S/C23H24N4O3S/c1-29-15-14-27-21(20(25-23(27)31)17-9-5-6-12-24-17)19-11-7-13-26(19)18-10-4-3-8-16(18)22(28)30-2/h3-13,20-21H,14-15H2,1-2H3,(H,25,31)/t20-,21-/m1/s1. The normalized spacial score (nSPS) is 18.1. The van der Waals surface area contributed by atoms with Gasteiger partial charge in [0.2, 0.25) is 0 Å². The Hall–Kier alpha value is -3.23. The van der Waals surface area contributed by atoms with Crippen molar-refractivity contribution in [1.29, 1.82) is 0 Å². The second kappa shape index (κ2) is 9.28. The number of nitrogens with zero attached hydrogens (tertiary/aromatic N) is 3. The zero-order valence-corrected chi connectivity index (χ0v) is 18.2. The van der Waals surface area contributed by atoms with Gasteiger partial charge in [-0.25, -0.2) is 4.79 Å². The van der Waals surface area contributed by atoms with Gasteiger partial charge in [0.05, 0.1) is 42.7 Å². The van der Waals surface area contributed by atoms with E-state index in [0.717, 1.165) is 17.1 Å². The lowest BCUT2D eigenvalue weighted by molar-refractivity contribution is 0.0600. The average Bonchev–Trinajstić information content (AvgIpc) is 3.41. The van der Waals surface area contributed by atoms with Gasteiger partial charge in [0, 0.05) is 31.7 Å². The van der Waals surface area contributed by atoms with Crippen molar-refractivity contribution in [2.24, 2.45) is 0 Å². The molecule has 0 bridgehead atoms. The minimum atomic E-state index is -0.382. The van der Waals surface area contributed by atoms with E-state index in [1.54, 1.807) is 19.4 Å². The number of rotatable bonds is 7. The summed E-state index contributed by atoms with van der Waals surface area (Å²) >= 11 is 5.68. The number of carbonyl (C=O) groups is 1. The Morgan fingerprint density at radius 3 is 2.68 bits per heavy atom. The number of pyridine rings is 1. The zero-order chi connectivity index (χ0) is 21.8. The maximum Gasteiger partial charge on any atom is 0.339 e. The maximum atomic E-state index is 12.4. The highest BCUT2D eigenvalue weighted by atomic mass is 32.1. The summed E-state index contributed by atoms with van der Waals surface area (Å²) in [5.74, 6) is -0.382. The largest absolute Gasteiger partial charge is 0.465 e. The predicted molar refractivity (Wildman–Crippen MR) is 121 cm³/mol. The third kappa shape index (κ3) is 4.04. The molecule has 2 aromatic heterocycles. The molecule has 1 saturated heterocycles. The van der Waals surface area contributed by atoms with Crippen LogP contribution in [0.2, 0.25) is 0 Å². The highest BCUT2D eigenvalue weighted by molar-refractivity contribution is 7.80. The van der Waals surface area contributed by atoms with Crippen molar-refractivity contribution >= 4 is 23.3 Å². The lowest BCUT2D eigenvalue weighted by atomic mass is 10.0. The molecule has 0 saturated carbocycles. The molecule has 1 aliphatic heterocycles. The molecule has 0 unspecified atom stereocenters. The number of ether oxygens (including phenoxy) is 2. The molecule has 0 amide bonds. The molecule has 4 rings (SSSR count). The van der Waals surface area contributed by atoms with Crippen LogP contribution < -0.4 is 5.32 Å². The molecule has 7 nitrogen and oxygen atoms in total. The molecule has 1 N–H and O–H groups in total. The quantitative estimate of drug-likeness (QED) is 0.450. The van der Waals surface area contributed by atoms with Crippen LogP contribution in [0, 0.1) is 0 Å². The molecule has 0 spiro atoms. The molecule has 8 heteroatoms. The number of nitrogens with one attached hydrogen (secondary N) is 1. The number of carbonyl (C=O) groups excluding carboxylic acids is 1. The van der Waals surface area contributed by atoms with E-state index in [1.165, 1.54) is 7.11 Å². The Morgan fingerprint density at radius 2 is 1.94 bits per heavy atom. The van der Waals surface area contributed by atoms with Crippen LogP contribution in [0.1, 0.15) is 33.8 Å². The lowest BCUT2D eigenvalue weighted by Crippen LogP contribution is -2.33. The Balaban J connectivity index is 1.83. The van der Waals surface area contributed by atoms with Crippen LogP contribution in [0.15, 0.2) is 67.0 Å². The number of para-hydroxylation sites is 1. The first kappa shape index (κ1) is 21.0. The first-order chi connectivity index (χ1) is 15.2. The fraction of sp³-hybridized carbons (Fsp3) is 0.261. The first-order valence-corrected chi connectivity index (χ1v) is 10.4. The Kier molecular flexibility index (Phi) is 6.29. The second-order valence-electron chi connectivity index (χ2n) is 7.12. The van der Waals surface area contributed by atoms with Crippen LogP contribution in [0.3, 0.4) is 0 Å². The monoisotopic (exact) mass is 436 g/mol. The predicted octanol–water partition coefficient (Wildman–Crippen LogP) is 3.28. The molecule has 160 valence electrons. The second-order valence-corrected chi connectivity index (χ2v) is 7.51. The van der Waals surface area contributed by atoms with Gasteiger partial charge in [-0.05, 0) is 48.6 Å². The van der Waals surface area contributed by atoms with E-state index in [0.29, 0.717) is 23.8 Å². The van der Waals surface area contributed by atoms with Crippen LogP contribution in [0.4, 0.5) is 0 Å². The third-order valence-electron chi connectivity index (χ3n) is 5.39. The minimum Gasteiger partial charge on any atom is -0.465 e. The molecular weight excluding hydrogens is 412 g/mol. The molecule has 0 radical (unpaired) electrons. The molecule has 1 aromatic carbocycles. The van der Waals surface area contributed by atoms with Crippen LogP contribution in [-0.4, -0.2) is 52.9 Å². The summed E-state index contributed by atoms with van der Waals surface area (Å²) in [6.07, 6.45) is 3.73. The van der Waals surface area contributed by atoms with E-state index in [9.17, 15) is 4.79 Å². The van der Waals surface area contributed by atoms with Crippen LogP contribution >= 0.6 is 12.2 Å². The van der Waals surface area contributed by atoms with Gasteiger partial charge in [-0.15, -0.1) is 0 Å². The molecule has 0 aliphatic carbocycles. The smallest absolute Gasteiger partial charge is 0.339 e. The van der Waals surface area contributed by atoms with Gasteiger partial charge in [-0.3, -0.25) is 4.98 Å². The molecule has 2 atom stereocenters. The van der Waals surface area contributed by atoms with Gasteiger partial charge >= 0.3 is 5.97 Å². The number of thiocarbonyl (C=S) groups is 1. The summed E-state index contributed by atoms with van der Waals surface area (Å²) in [5.41, 5.74) is 3.12. The molecule has 1 fully saturated rings. The number of hydrogen-bond donors (Lipinski definition) is 1. The van der Waals surface area contributed by atoms with Crippen molar-refractivity contribution in [3.63, 3.8) is 0 Å². The van der Waals surface area contributed by atoms with E-state index >= 15 is 0 Å². The Labute approximate surface area is 186 Å². The lowest BCUT2D eigenvalue weighted by Gasteiger charge is -2.29. The van der Waals surface area contributed by atoms with E-state index in [-0.39, 0.29) is 18.1 Å². The van der Waals surface area contributed by atoms with Crippen molar-refractivity contribution in [2.45, 2.75) is 12.1 Å². The summed E-state index contributed by atoms with van der Waals surface area (Å²) in [5, 5.41) is 4.07. The molecule has 31 heavy (non-hydrogen) atoms. The van der Waals surface area contributed by atoms with E-state index in [2.05, 4.69) is 15.2 Å². The minimum absolute atomic E-state index is 0.141. The van der Waals surface area contributed by atoms with Crippen molar-refractivity contribution < 1.29 is 14.3 Å². The molecular formula is C23H24N4O3S. The van der Waals surface area contributed by atoms with Crippen molar-refractivity contribution in [3.05, 3.63) is 83.9 Å². The zero-order valence-electron chi connectivity index (χ0n) is 17.4. The SMILES string of the molecule is COCCN1C(=S)N[C@H](c2ccccn2)[C@H]1c1cccn1-c1ccccc1C(=O)OC. The van der Waals surface area contributed by atoms with Crippen LogP contribution in [0.25, 0.3) is 5.69 Å². The van der Waals surface area contributed by atoms with Crippen molar-refractivity contribution in [2.75, 3.05) is 27.4 Å². The molecule has 1 aliphatic rings. The van der Waals surface area contributed by atoms with Gasteiger partial charge in [0.1, 0.15) is 0 Å². The van der Waals surface area contributed by atoms with E-state index in [4.69, 9.17) is 21.7 Å². The Bertz CT molecular complexity index is 1070. The fourth-order valence-corrected chi connectivity index (χ4v) is 4.31. The van der Waals surface area contributed by atoms with Gasteiger partial charge < -0.3 is 24.3 Å². The summed E-state index contributed by atoms with van der Waals surface area (Å²) in [6, 6.07) is 17.0. The summed E-state index contributed by atoms with van der Waals surface area (Å²) in [4.78, 5) is 19.1. The van der Waals surface area contributed by atoms with Gasteiger partial charge in [-0.2, -0.15) is 0 Å². The molecule has 3 heterocycles. The fourth-order valence-electron chi connectivity index (χ4n) is 3.98. The van der Waals surface area contributed by atoms with Crippen LogP contribution in [0.5, 0.6) is 0 Å². The number of methoxy groups -OCH3 is 2. The van der Waals surface area contributed by atoms with Crippen LogP contribution in [-0.2, 0) is 9.47 Å². The first-order valence-electron chi connectivity index (χ1n) is 9.97. The number of benzene rings is 1. The topological polar surface area (TPSA) is 68.6 Å². The Morgan fingerprint density at radius 1 is 1.13 bits per heavy atom. The van der Waals surface area contributed by atoms with Crippen molar-refractivity contribution in [3.8, 4) is 5.69 Å². The molecule has 3 aromatic rings. The highest BCUT2D eigenvalue weighted by Gasteiger charge is 2.41. The third-order valence-corrected chi connectivity index (χ3v) is 5.74. The highest BCUT2D eigenvalue weighted by Crippen LogP contribution is 2.39. The summed E-state index contributed by atoms with van der Waals surface area (Å²) < 4.78 is 12.3.